The number of hydrogen-bond donors (Lipinski definition) is 15. The summed E-state index contributed by atoms with van der Waals surface area (Å²) in [5.41, 5.74) is 34.3. The summed E-state index contributed by atoms with van der Waals surface area (Å²) in [6, 6.07) is 5.33. The van der Waals surface area contributed by atoms with E-state index in [-0.39, 0.29) is 135 Å². The molecule has 114 heavy (non-hydrogen) atoms. The maximum atomic E-state index is 12.0. The molecule has 0 radical (unpaired) electrons. The normalized spacial score (nSPS) is 22.7. The van der Waals surface area contributed by atoms with Crippen LogP contribution in [0.1, 0.15) is 316 Å². The van der Waals surface area contributed by atoms with Crippen molar-refractivity contribution in [3.05, 3.63) is 0 Å². The molecule has 0 bridgehead atoms. The number of Topliss-reactive ketones (excluding diaryl/α,β-unsaturated/α-hetero) is 2. The van der Waals surface area contributed by atoms with Gasteiger partial charge in [0.2, 0.25) is 29.5 Å². The van der Waals surface area contributed by atoms with Crippen molar-refractivity contribution in [3.63, 3.8) is 0 Å². The Balaban J connectivity index is -0.000000296. The molecule has 0 aromatic carbocycles. The summed E-state index contributed by atoms with van der Waals surface area (Å²) in [6.07, 6.45) is 28.2. The quantitative estimate of drug-likeness (QED) is 0.0297. The predicted octanol–water partition coefficient (Wildman–Crippen LogP) is 10.4. The van der Waals surface area contributed by atoms with Crippen molar-refractivity contribution >= 4 is 41.1 Å². The molecule has 682 valence electrons. The van der Waals surface area contributed by atoms with Crippen molar-refractivity contribution in [1.82, 2.24) is 62.6 Å². The Hall–Kier alpha value is -3.83. The van der Waals surface area contributed by atoms with Crippen molar-refractivity contribution in [1.29, 1.82) is 0 Å². The molecule has 5 atom stereocenters. The zero-order valence-corrected chi connectivity index (χ0v) is 70.3. The molecular weight excluding hydrogens is 1430 g/mol. The number of ketones is 2. The average molecular weight is 1630 g/mol. The minimum atomic E-state index is 0. The van der Waals surface area contributed by atoms with E-state index < -0.39 is 0 Å². The summed E-state index contributed by atoms with van der Waals surface area (Å²) in [5, 5.41) is 29.2. The molecule has 3 saturated carbocycles. The van der Waals surface area contributed by atoms with Crippen LogP contribution in [0.5, 0.6) is 0 Å². The van der Waals surface area contributed by atoms with Gasteiger partial charge in [0.15, 0.2) is 0 Å². The standard InChI is InChI=1S/C14H27N3O.C13H25N3O.C13H26N2O.C12H24N2O.C11H23N3O.C10H20N2O.C9H21N3O.7CH4/c1-10(2)14(18)16-12-7-8-17(9-12)13-5-3-11(15)4-6-13;1-10(2)13(17)15-11-5-8-16(9-11)12-3-6-14-7-4-12;1-10(2)13(16)4-3-9-15-12-7-5-11(14)6-8-12;1-10(2)12(15)4-3-7-14-11-5-8-13-9-6-11;1-9(2)11(15)14(8-5-12)10-3-6-13-7-4-10;1-7(2)10(13)12-9-5-3-4-8(11)6-9;1-7(2)9(13)12-6-8(11)4-3-5-10;;;;;;;/h10-13H,3-9,15H2,1-2H3,(H,16,18);10-12,14H,3-9H2,1-2H3,(H,15,17);10-12,15H,3-9,14H2,1-2H3;10-11,13-14H,3-9H2,1-2H3;9-10,13H,3-8,12H2,1-2H3;7-9H,3-6,11H2,1-2H3,(H,12,13);7-8H,3-6,10-11H2,1-2H3,(H,12,13);7*1H4/t11?,12-,13?;11-;;;;;8-;;;;;;;/m00....0......./s1. The fourth-order valence-corrected chi connectivity index (χ4v) is 14.6. The van der Waals surface area contributed by atoms with E-state index in [1.165, 1.54) is 51.4 Å². The molecule has 5 saturated heterocycles. The molecule has 3 aliphatic carbocycles. The lowest BCUT2D eigenvalue weighted by Crippen LogP contribution is -2.49. The topological polar surface area (TPSA) is 394 Å². The van der Waals surface area contributed by atoms with Gasteiger partial charge in [-0.1, -0.05) is 149 Å². The number of piperidine rings is 3. The van der Waals surface area contributed by atoms with E-state index in [0.29, 0.717) is 92.1 Å². The van der Waals surface area contributed by atoms with Crippen LogP contribution < -0.4 is 82.3 Å². The SMILES string of the molecule is C.C.C.C.C.C.C.CC(C)C(=O)CCCNC1CCC(N)CC1.CC(C)C(=O)CCCNC1CCNCC1.CC(C)C(=O)N(CCN)C1CCNCC1.CC(C)C(=O)NC1CCCC(N)C1.CC(C)C(=O)NC[C@@H](N)CCCN.CC(C)C(=O)N[C@H]1CCN(C2CCC(N)CC2)C1.CC(C)C(=O)N[C@H]1CCN(C2CCNCC2)C1. The summed E-state index contributed by atoms with van der Waals surface area (Å²) in [7, 11) is 0. The van der Waals surface area contributed by atoms with Crippen molar-refractivity contribution in [2.24, 2.45) is 75.8 Å². The number of nitrogens with two attached hydrogens (primary N) is 6. The Morgan fingerprint density at radius 1 is 0.404 bits per heavy atom. The number of carbonyl (C=O) groups excluding carboxylic acids is 7. The Kier molecular flexibility index (Phi) is 75.3. The second kappa shape index (κ2) is 71.0. The Labute approximate surface area is 702 Å². The van der Waals surface area contributed by atoms with Crippen LogP contribution in [0.3, 0.4) is 0 Å². The van der Waals surface area contributed by atoms with Gasteiger partial charge >= 0.3 is 0 Å². The number of hydrogen-bond acceptors (Lipinski definition) is 20. The molecule has 0 aromatic heterocycles. The minimum absolute atomic E-state index is 0. The van der Waals surface area contributed by atoms with Gasteiger partial charge in [0.05, 0.1) is 0 Å². The van der Waals surface area contributed by atoms with Crippen LogP contribution in [-0.2, 0) is 33.6 Å². The molecule has 2 unspecified atom stereocenters. The molecule has 25 heteroatoms. The lowest BCUT2D eigenvalue weighted by Gasteiger charge is -2.35. The van der Waals surface area contributed by atoms with Gasteiger partial charge in [0.1, 0.15) is 11.6 Å². The summed E-state index contributed by atoms with van der Waals surface area (Å²) < 4.78 is 0. The van der Waals surface area contributed by atoms with E-state index in [9.17, 15) is 33.6 Å². The molecule has 5 aliphatic heterocycles. The highest BCUT2D eigenvalue weighted by molar-refractivity contribution is 5.81. The van der Waals surface area contributed by atoms with E-state index in [2.05, 4.69) is 57.7 Å². The second-order valence-electron chi connectivity index (χ2n) is 34.2. The Bertz CT molecular complexity index is 2360. The molecular formula is C89H194N18O7. The summed E-state index contributed by atoms with van der Waals surface area (Å²) in [5.74, 6) is 2.37. The van der Waals surface area contributed by atoms with Crippen molar-refractivity contribution in [2.75, 3.05) is 105 Å². The van der Waals surface area contributed by atoms with E-state index >= 15 is 0 Å². The number of carbonyl (C=O) groups is 7. The Morgan fingerprint density at radius 3 is 1.18 bits per heavy atom. The van der Waals surface area contributed by atoms with Gasteiger partial charge in [-0.15, -0.1) is 0 Å². The van der Waals surface area contributed by atoms with Crippen molar-refractivity contribution in [2.45, 2.75) is 388 Å². The van der Waals surface area contributed by atoms with Crippen LogP contribution in [0.15, 0.2) is 0 Å². The first-order valence-electron chi connectivity index (χ1n) is 42.9. The number of rotatable bonds is 30. The predicted molar refractivity (Wildman–Crippen MR) is 488 cm³/mol. The van der Waals surface area contributed by atoms with Crippen LogP contribution in [0.2, 0.25) is 0 Å². The number of nitrogens with one attached hydrogen (secondary N) is 9. The van der Waals surface area contributed by atoms with Gasteiger partial charge in [0.25, 0.3) is 0 Å². The fourth-order valence-electron chi connectivity index (χ4n) is 14.6. The van der Waals surface area contributed by atoms with Gasteiger partial charge in [-0.3, -0.25) is 43.4 Å². The first-order chi connectivity index (χ1) is 50.8. The van der Waals surface area contributed by atoms with Gasteiger partial charge in [-0.2, -0.15) is 0 Å². The number of amides is 5. The molecule has 5 heterocycles. The van der Waals surface area contributed by atoms with E-state index in [4.69, 9.17) is 34.4 Å². The van der Waals surface area contributed by atoms with Gasteiger partial charge in [-0.05, 0) is 213 Å². The van der Waals surface area contributed by atoms with Crippen LogP contribution in [-0.4, -0.2) is 233 Å². The number of likely N-dealkylation sites (tertiary alicyclic amines) is 2. The lowest BCUT2D eigenvalue weighted by atomic mass is 9.91. The van der Waals surface area contributed by atoms with E-state index in [1.807, 2.05) is 102 Å². The van der Waals surface area contributed by atoms with Crippen molar-refractivity contribution < 1.29 is 33.6 Å². The summed E-state index contributed by atoms with van der Waals surface area (Å²) >= 11 is 0. The lowest BCUT2D eigenvalue weighted by molar-refractivity contribution is -0.137. The molecule has 0 spiro atoms. The van der Waals surface area contributed by atoms with Gasteiger partial charge < -0.3 is 87.2 Å². The van der Waals surface area contributed by atoms with E-state index in [1.54, 1.807) is 0 Å². The molecule has 8 aliphatic rings. The van der Waals surface area contributed by atoms with Crippen LogP contribution in [0, 0.1) is 41.4 Å². The first-order valence-corrected chi connectivity index (χ1v) is 42.9. The summed E-state index contributed by atoms with van der Waals surface area (Å²) in [4.78, 5) is 87.6. The monoisotopic (exact) mass is 1630 g/mol. The smallest absolute Gasteiger partial charge is 0.225 e. The molecule has 8 fully saturated rings. The third-order valence-electron chi connectivity index (χ3n) is 22.1. The molecule has 0 aromatic rings. The largest absolute Gasteiger partial charge is 0.354 e. The highest BCUT2D eigenvalue weighted by Crippen LogP contribution is 2.26. The molecule has 21 N–H and O–H groups in total. The average Bonchev–Trinajstić information content (AvgIpc) is 1.76. The first kappa shape index (κ1) is 121. The zero-order chi connectivity index (χ0) is 79.8. The van der Waals surface area contributed by atoms with Crippen LogP contribution >= 0.6 is 0 Å². The Morgan fingerprint density at radius 2 is 0.789 bits per heavy atom. The highest BCUT2D eigenvalue weighted by Gasteiger charge is 2.33. The van der Waals surface area contributed by atoms with Crippen LogP contribution in [0.25, 0.3) is 0 Å². The second-order valence-corrected chi connectivity index (χ2v) is 34.2. The van der Waals surface area contributed by atoms with Gasteiger partial charge in [-0.25, -0.2) is 0 Å². The summed E-state index contributed by atoms with van der Waals surface area (Å²) in [6.45, 7) is 42.5. The minimum Gasteiger partial charge on any atom is -0.354 e. The van der Waals surface area contributed by atoms with E-state index in [0.717, 1.165) is 200 Å². The fraction of sp³-hybridized carbons (Fsp3) is 0.921. The number of nitrogens with zero attached hydrogens (tertiary/aromatic N) is 3. The molecule has 8 rings (SSSR count). The van der Waals surface area contributed by atoms with Crippen LogP contribution in [0.4, 0.5) is 0 Å². The molecule has 25 nitrogen and oxygen atoms in total. The zero-order valence-electron chi connectivity index (χ0n) is 70.3. The third-order valence-corrected chi connectivity index (χ3v) is 22.1. The van der Waals surface area contributed by atoms with Crippen molar-refractivity contribution in [3.8, 4) is 0 Å². The van der Waals surface area contributed by atoms with Gasteiger partial charge in [0, 0.05) is 173 Å². The third kappa shape index (κ3) is 55.1. The maximum absolute atomic E-state index is 12.0. The highest BCUT2D eigenvalue weighted by atomic mass is 16.2. The maximum Gasteiger partial charge on any atom is 0.225 e. The molecule has 5 amide bonds.